The average Bonchev–Trinajstić information content (AvgIpc) is 2.76. The Bertz CT molecular complexity index is 520. The van der Waals surface area contributed by atoms with Crippen molar-refractivity contribution in [2.45, 2.75) is 19.4 Å². The lowest BCUT2D eigenvalue weighted by molar-refractivity contribution is 0.385. The van der Waals surface area contributed by atoms with Crippen LogP contribution in [0.4, 0.5) is 0 Å². The summed E-state index contributed by atoms with van der Waals surface area (Å²) in [6.07, 6.45) is 6.00. The van der Waals surface area contributed by atoms with Gasteiger partial charge in [-0.05, 0) is 44.8 Å². The molecule has 0 aliphatic rings. The highest BCUT2D eigenvalue weighted by molar-refractivity contribution is 9.10. The summed E-state index contributed by atoms with van der Waals surface area (Å²) in [5, 5.41) is 0. The highest BCUT2D eigenvalue weighted by Gasteiger charge is 2.04. The van der Waals surface area contributed by atoms with Crippen LogP contribution in [0.2, 0.25) is 0 Å². The number of aryl methyl sites for hydroxylation is 1. The van der Waals surface area contributed by atoms with Crippen molar-refractivity contribution in [1.82, 2.24) is 14.5 Å². The van der Waals surface area contributed by atoms with Crippen LogP contribution in [0, 0.1) is 0 Å². The van der Waals surface area contributed by atoms with Crippen molar-refractivity contribution >= 4 is 15.9 Å². The van der Waals surface area contributed by atoms with Gasteiger partial charge in [0.15, 0.2) is 0 Å². The summed E-state index contributed by atoms with van der Waals surface area (Å²) >= 11 is 3.51. The third kappa shape index (κ3) is 4.48. The van der Waals surface area contributed by atoms with E-state index in [0.29, 0.717) is 0 Å². The molecular weight excluding hydrogens is 302 g/mol. The predicted octanol–water partition coefficient (Wildman–Crippen LogP) is 3.19. The topological polar surface area (TPSA) is 21.1 Å². The van der Waals surface area contributed by atoms with Crippen molar-refractivity contribution in [3.63, 3.8) is 0 Å². The van der Waals surface area contributed by atoms with Crippen LogP contribution >= 0.6 is 15.9 Å². The Morgan fingerprint density at radius 2 is 2.16 bits per heavy atom. The van der Waals surface area contributed by atoms with Gasteiger partial charge in [0.1, 0.15) is 5.82 Å². The molecule has 3 nitrogen and oxygen atoms in total. The van der Waals surface area contributed by atoms with Gasteiger partial charge in [0.25, 0.3) is 0 Å². The Balaban J connectivity index is 1.99. The number of aromatic nitrogens is 2. The van der Waals surface area contributed by atoms with Crippen LogP contribution in [0.15, 0.2) is 41.1 Å². The lowest BCUT2D eigenvalue weighted by Gasteiger charge is -2.11. The fourth-order valence-electron chi connectivity index (χ4n) is 2.10. The van der Waals surface area contributed by atoms with E-state index in [1.807, 2.05) is 12.3 Å². The van der Waals surface area contributed by atoms with Crippen LogP contribution < -0.4 is 0 Å². The molecule has 0 radical (unpaired) electrons. The number of benzene rings is 1. The standard InChI is InChI=1S/C15H20BrN3/c1-18(2)8-4-9-19-10-7-17-15(19)12-13-5-3-6-14(16)11-13/h3,5-7,10-11H,4,8-9,12H2,1-2H3. The van der Waals surface area contributed by atoms with Gasteiger partial charge in [-0.1, -0.05) is 28.1 Å². The largest absolute Gasteiger partial charge is 0.335 e. The monoisotopic (exact) mass is 321 g/mol. The molecule has 1 aromatic heterocycles. The molecule has 0 spiro atoms. The second-order valence-electron chi connectivity index (χ2n) is 5.00. The van der Waals surface area contributed by atoms with Gasteiger partial charge in [0, 0.05) is 29.8 Å². The average molecular weight is 322 g/mol. The van der Waals surface area contributed by atoms with E-state index in [0.717, 1.165) is 36.2 Å². The van der Waals surface area contributed by atoms with Gasteiger partial charge in [-0.3, -0.25) is 0 Å². The first-order valence-corrected chi connectivity index (χ1v) is 7.33. The second kappa shape index (κ2) is 6.87. The summed E-state index contributed by atoms with van der Waals surface area (Å²) in [4.78, 5) is 6.69. The highest BCUT2D eigenvalue weighted by Crippen LogP contribution is 2.14. The maximum absolute atomic E-state index is 4.47. The molecule has 1 aromatic carbocycles. The quantitative estimate of drug-likeness (QED) is 0.814. The predicted molar refractivity (Wildman–Crippen MR) is 82.3 cm³/mol. The molecule has 0 saturated carbocycles. The maximum atomic E-state index is 4.47. The molecule has 0 aliphatic heterocycles. The lowest BCUT2D eigenvalue weighted by atomic mass is 10.1. The molecule has 0 N–H and O–H groups in total. The molecule has 19 heavy (non-hydrogen) atoms. The van der Waals surface area contributed by atoms with Crippen LogP contribution in [0.25, 0.3) is 0 Å². The zero-order chi connectivity index (χ0) is 13.7. The van der Waals surface area contributed by atoms with Crippen LogP contribution in [-0.4, -0.2) is 35.1 Å². The highest BCUT2D eigenvalue weighted by atomic mass is 79.9. The fraction of sp³-hybridized carbons (Fsp3) is 0.400. The molecule has 0 atom stereocenters. The first kappa shape index (κ1) is 14.3. The molecule has 4 heteroatoms. The van der Waals surface area contributed by atoms with Crippen molar-refractivity contribution in [3.8, 4) is 0 Å². The minimum Gasteiger partial charge on any atom is -0.335 e. The fourth-order valence-corrected chi connectivity index (χ4v) is 2.54. The van der Waals surface area contributed by atoms with E-state index in [2.05, 4.69) is 68.9 Å². The van der Waals surface area contributed by atoms with E-state index in [1.54, 1.807) is 0 Å². The molecule has 1 heterocycles. The normalized spacial score (nSPS) is 11.2. The second-order valence-corrected chi connectivity index (χ2v) is 5.92. The Hall–Kier alpha value is -1.13. The zero-order valence-corrected chi connectivity index (χ0v) is 13.1. The summed E-state index contributed by atoms with van der Waals surface area (Å²) < 4.78 is 3.38. The number of hydrogen-bond acceptors (Lipinski definition) is 2. The summed E-state index contributed by atoms with van der Waals surface area (Å²) in [5.41, 5.74) is 1.29. The molecule has 2 rings (SSSR count). The number of hydrogen-bond donors (Lipinski definition) is 0. The number of rotatable bonds is 6. The molecular formula is C15H20BrN3. The van der Waals surface area contributed by atoms with Gasteiger partial charge in [-0.2, -0.15) is 0 Å². The minimum absolute atomic E-state index is 0.883. The van der Waals surface area contributed by atoms with E-state index >= 15 is 0 Å². The molecule has 0 aliphatic carbocycles. The van der Waals surface area contributed by atoms with E-state index in [4.69, 9.17) is 0 Å². The smallest absolute Gasteiger partial charge is 0.113 e. The van der Waals surface area contributed by atoms with Crippen molar-refractivity contribution in [2.24, 2.45) is 0 Å². The molecule has 0 amide bonds. The third-order valence-electron chi connectivity index (χ3n) is 3.06. The van der Waals surface area contributed by atoms with Crippen LogP contribution in [0.3, 0.4) is 0 Å². The number of halogens is 1. The van der Waals surface area contributed by atoms with Gasteiger partial charge < -0.3 is 9.47 Å². The third-order valence-corrected chi connectivity index (χ3v) is 3.55. The van der Waals surface area contributed by atoms with E-state index in [-0.39, 0.29) is 0 Å². The summed E-state index contributed by atoms with van der Waals surface area (Å²) in [5.74, 6) is 1.14. The summed E-state index contributed by atoms with van der Waals surface area (Å²) in [6, 6.07) is 8.41. The Kier molecular flexibility index (Phi) is 5.16. The van der Waals surface area contributed by atoms with Crippen LogP contribution in [0.5, 0.6) is 0 Å². The van der Waals surface area contributed by atoms with Crippen molar-refractivity contribution in [1.29, 1.82) is 0 Å². The van der Waals surface area contributed by atoms with Crippen molar-refractivity contribution in [2.75, 3.05) is 20.6 Å². The van der Waals surface area contributed by atoms with Gasteiger partial charge in [0.2, 0.25) is 0 Å². The summed E-state index contributed by atoms with van der Waals surface area (Å²) in [7, 11) is 4.21. The maximum Gasteiger partial charge on any atom is 0.113 e. The van der Waals surface area contributed by atoms with Crippen molar-refractivity contribution in [3.05, 3.63) is 52.5 Å². The van der Waals surface area contributed by atoms with Gasteiger partial charge in [-0.25, -0.2) is 4.98 Å². The molecule has 0 unspecified atom stereocenters. The van der Waals surface area contributed by atoms with Crippen LogP contribution in [-0.2, 0) is 13.0 Å². The Labute approximate surface area is 123 Å². The van der Waals surface area contributed by atoms with E-state index in [9.17, 15) is 0 Å². The number of nitrogens with zero attached hydrogens (tertiary/aromatic N) is 3. The van der Waals surface area contributed by atoms with Crippen molar-refractivity contribution < 1.29 is 0 Å². The number of imidazole rings is 1. The molecule has 102 valence electrons. The molecule has 0 fully saturated rings. The van der Waals surface area contributed by atoms with Gasteiger partial charge in [-0.15, -0.1) is 0 Å². The lowest BCUT2D eigenvalue weighted by Crippen LogP contribution is -2.15. The van der Waals surface area contributed by atoms with Gasteiger partial charge >= 0.3 is 0 Å². The Morgan fingerprint density at radius 3 is 2.89 bits per heavy atom. The van der Waals surface area contributed by atoms with Crippen LogP contribution in [0.1, 0.15) is 17.8 Å². The minimum atomic E-state index is 0.883. The van der Waals surface area contributed by atoms with Gasteiger partial charge in [0.05, 0.1) is 0 Å². The van der Waals surface area contributed by atoms with E-state index < -0.39 is 0 Å². The zero-order valence-electron chi connectivity index (χ0n) is 11.5. The van der Waals surface area contributed by atoms with E-state index in [1.165, 1.54) is 5.56 Å². The first-order chi connectivity index (χ1) is 9.15. The molecule has 0 bridgehead atoms. The Morgan fingerprint density at radius 1 is 1.32 bits per heavy atom. The SMILES string of the molecule is CN(C)CCCn1ccnc1Cc1cccc(Br)c1. The summed E-state index contributed by atoms with van der Waals surface area (Å²) in [6.45, 7) is 2.13. The molecule has 0 saturated heterocycles. The first-order valence-electron chi connectivity index (χ1n) is 6.54. The molecule has 2 aromatic rings.